The molecule has 0 aliphatic heterocycles. The van der Waals surface area contributed by atoms with Gasteiger partial charge in [-0.15, -0.1) is 0 Å². The molecule has 0 bridgehead atoms. The lowest BCUT2D eigenvalue weighted by atomic mass is 10.1. The number of hydrogen-bond donors (Lipinski definition) is 1. The van der Waals surface area contributed by atoms with Crippen LogP contribution in [0.4, 0.5) is 10.1 Å². The van der Waals surface area contributed by atoms with Crippen molar-refractivity contribution in [2.75, 3.05) is 5.32 Å². The molecular weight excluding hydrogens is 265 g/mol. The van der Waals surface area contributed by atoms with Crippen LogP contribution in [-0.2, 0) is 0 Å². The van der Waals surface area contributed by atoms with Crippen LogP contribution in [-0.4, -0.2) is 9.97 Å². The average molecular weight is 281 g/mol. The lowest BCUT2D eigenvalue weighted by Gasteiger charge is -2.19. The summed E-state index contributed by atoms with van der Waals surface area (Å²) in [5, 5.41) is 4.55. The minimum Gasteiger partial charge on any atom is -0.376 e. The fourth-order valence-electron chi connectivity index (χ4n) is 2.40. The number of pyridine rings is 2. The van der Waals surface area contributed by atoms with E-state index >= 15 is 0 Å². The molecule has 2 aromatic heterocycles. The van der Waals surface area contributed by atoms with Gasteiger partial charge in [0.25, 0.3) is 0 Å². The van der Waals surface area contributed by atoms with Crippen molar-refractivity contribution in [2.45, 2.75) is 19.4 Å². The third-order valence-electron chi connectivity index (χ3n) is 3.49. The van der Waals surface area contributed by atoms with Crippen LogP contribution < -0.4 is 5.32 Å². The molecule has 3 nitrogen and oxygen atoms in total. The average Bonchev–Trinajstić information content (AvgIpc) is 2.54. The fraction of sp³-hybridized carbons (Fsp3) is 0.176. The molecule has 0 saturated heterocycles. The maximum atomic E-state index is 13.0. The highest BCUT2D eigenvalue weighted by Crippen LogP contribution is 2.27. The maximum absolute atomic E-state index is 13.0. The van der Waals surface area contributed by atoms with E-state index in [1.807, 2.05) is 30.3 Å². The molecule has 0 spiro atoms. The van der Waals surface area contributed by atoms with Gasteiger partial charge >= 0.3 is 0 Å². The second kappa shape index (κ2) is 5.87. The second-order valence-electron chi connectivity index (χ2n) is 4.88. The summed E-state index contributed by atoms with van der Waals surface area (Å²) in [5.41, 5.74) is 2.79. The Kier molecular flexibility index (Phi) is 3.77. The van der Waals surface area contributed by atoms with Crippen LogP contribution in [0.5, 0.6) is 0 Å². The third kappa shape index (κ3) is 2.84. The Balaban J connectivity index is 1.94. The number of halogens is 1. The Morgan fingerprint density at radius 1 is 1.10 bits per heavy atom. The van der Waals surface area contributed by atoms with E-state index in [-0.39, 0.29) is 11.9 Å². The predicted molar refractivity (Wildman–Crippen MR) is 82.6 cm³/mol. The van der Waals surface area contributed by atoms with Gasteiger partial charge in [-0.1, -0.05) is 13.0 Å². The first-order valence-corrected chi connectivity index (χ1v) is 6.99. The normalized spacial score (nSPS) is 12.3. The molecule has 0 radical (unpaired) electrons. The van der Waals surface area contributed by atoms with Gasteiger partial charge in [-0.05, 0) is 42.8 Å². The number of benzene rings is 1. The first-order chi connectivity index (χ1) is 10.3. The molecule has 1 aromatic carbocycles. The molecule has 21 heavy (non-hydrogen) atoms. The Labute approximate surface area is 122 Å². The van der Waals surface area contributed by atoms with E-state index in [0.29, 0.717) is 0 Å². The highest BCUT2D eigenvalue weighted by atomic mass is 19.1. The summed E-state index contributed by atoms with van der Waals surface area (Å²) in [5.74, 6) is -0.317. The third-order valence-corrected chi connectivity index (χ3v) is 3.49. The number of aromatic nitrogens is 2. The lowest BCUT2D eigenvalue weighted by Crippen LogP contribution is -2.11. The minimum atomic E-state index is -0.317. The van der Waals surface area contributed by atoms with Crippen molar-refractivity contribution in [1.82, 2.24) is 9.97 Å². The van der Waals surface area contributed by atoms with Gasteiger partial charge in [0, 0.05) is 17.3 Å². The first kappa shape index (κ1) is 13.5. The van der Waals surface area contributed by atoms with E-state index in [1.165, 1.54) is 12.3 Å². The zero-order valence-corrected chi connectivity index (χ0v) is 11.8. The van der Waals surface area contributed by atoms with Gasteiger partial charge in [0.1, 0.15) is 5.82 Å². The van der Waals surface area contributed by atoms with Gasteiger partial charge in [0.2, 0.25) is 0 Å². The summed E-state index contributed by atoms with van der Waals surface area (Å²) >= 11 is 0. The van der Waals surface area contributed by atoms with Crippen LogP contribution in [0.25, 0.3) is 10.9 Å². The molecule has 2 heterocycles. The molecule has 4 heteroatoms. The van der Waals surface area contributed by atoms with Gasteiger partial charge in [0.15, 0.2) is 0 Å². The predicted octanol–water partition coefficient (Wildman–Crippen LogP) is 4.33. The van der Waals surface area contributed by atoms with Crippen LogP contribution >= 0.6 is 0 Å². The number of nitrogens with zero attached hydrogens (tertiary/aromatic N) is 2. The highest BCUT2D eigenvalue weighted by molar-refractivity contribution is 5.91. The standard InChI is InChI=1S/C17H16FN3/c1-2-14(17-9-8-12(18)11-20-17)21-16-7-3-6-15-13(16)5-4-10-19-15/h3-11,14,21H,2H2,1H3. The molecule has 3 rings (SSSR count). The minimum absolute atomic E-state index is 0.0383. The van der Waals surface area contributed by atoms with Crippen LogP contribution in [0, 0.1) is 5.82 Å². The van der Waals surface area contributed by atoms with Gasteiger partial charge in [0.05, 0.1) is 23.4 Å². The van der Waals surface area contributed by atoms with Crippen molar-refractivity contribution in [3.05, 3.63) is 66.4 Å². The zero-order chi connectivity index (χ0) is 14.7. The van der Waals surface area contributed by atoms with E-state index < -0.39 is 0 Å². The summed E-state index contributed by atoms with van der Waals surface area (Å²) in [6.07, 6.45) is 3.89. The van der Waals surface area contributed by atoms with Crippen molar-refractivity contribution in [3.63, 3.8) is 0 Å². The smallest absolute Gasteiger partial charge is 0.141 e. The van der Waals surface area contributed by atoms with Crippen molar-refractivity contribution >= 4 is 16.6 Å². The van der Waals surface area contributed by atoms with E-state index in [2.05, 4.69) is 22.2 Å². The second-order valence-corrected chi connectivity index (χ2v) is 4.88. The molecule has 3 aromatic rings. The van der Waals surface area contributed by atoms with Gasteiger partial charge in [-0.2, -0.15) is 0 Å². The largest absolute Gasteiger partial charge is 0.376 e. The van der Waals surface area contributed by atoms with Crippen LogP contribution in [0.3, 0.4) is 0 Å². The van der Waals surface area contributed by atoms with Crippen molar-refractivity contribution < 1.29 is 4.39 Å². The topological polar surface area (TPSA) is 37.8 Å². The Morgan fingerprint density at radius 3 is 2.76 bits per heavy atom. The molecule has 1 N–H and O–H groups in total. The van der Waals surface area contributed by atoms with Crippen molar-refractivity contribution in [1.29, 1.82) is 0 Å². The Hall–Kier alpha value is -2.49. The number of hydrogen-bond acceptors (Lipinski definition) is 3. The molecular formula is C17H16FN3. The first-order valence-electron chi connectivity index (χ1n) is 6.99. The summed E-state index contributed by atoms with van der Waals surface area (Å²) in [6, 6.07) is 13.1. The van der Waals surface area contributed by atoms with Crippen molar-refractivity contribution in [2.24, 2.45) is 0 Å². The molecule has 0 aliphatic carbocycles. The summed E-state index contributed by atoms with van der Waals surface area (Å²) < 4.78 is 13.0. The molecule has 0 amide bonds. The summed E-state index contributed by atoms with van der Waals surface area (Å²) in [7, 11) is 0. The number of anilines is 1. The highest BCUT2D eigenvalue weighted by Gasteiger charge is 2.12. The quantitative estimate of drug-likeness (QED) is 0.773. The van der Waals surface area contributed by atoms with Crippen LogP contribution in [0.2, 0.25) is 0 Å². The van der Waals surface area contributed by atoms with E-state index in [0.717, 1.165) is 28.7 Å². The van der Waals surface area contributed by atoms with E-state index in [4.69, 9.17) is 0 Å². The van der Waals surface area contributed by atoms with Crippen LogP contribution in [0.15, 0.2) is 54.9 Å². The van der Waals surface area contributed by atoms with E-state index in [9.17, 15) is 4.39 Å². The number of nitrogens with one attached hydrogen (secondary N) is 1. The van der Waals surface area contributed by atoms with Gasteiger partial charge in [-0.25, -0.2) is 4.39 Å². The van der Waals surface area contributed by atoms with Gasteiger partial charge in [-0.3, -0.25) is 9.97 Å². The number of fused-ring (bicyclic) bond motifs is 1. The zero-order valence-electron chi connectivity index (χ0n) is 11.8. The van der Waals surface area contributed by atoms with Gasteiger partial charge < -0.3 is 5.32 Å². The Bertz CT molecular complexity index is 735. The maximum Gasteiger partial charge on any atom is 0.141 e. The Morgan fingerprint density at radius 2 is 2.00 bits per heavy atom. The SMILES string of the molecule is CCC(Nc1cccc2ncccc12)c1ccc(F)cn1. The summed E-state index contributed by atoms with van der Waals surface area (Å²) in [4.78, 5) is 8.53. The molecule has 0 fully saturated rings. The number of rotatable bonds is 4. The summed E-state index contributed by atoms with van der Waals surface area (Å²) in [6.45, 7) is 2.08. The van der Waals surface area contributed by atoms with E-state index in [1.54, 1.807) is 12.3 Å². The van der Waals surface area contributed by atoms with Crippen molar-refractivity contribution in [3.8, 4) is 0 Å². The molecule has 1 atom stereocenters. The molecule has 106 valence electrons. The molecule has 1 unspecified atom stereocenters. The fourth-order valence-corrected chi connectivity index (χ4v) is 2.40. The molecule has 0 saturated carbocycles. The molecule has 0 aliphatic rings. The monoisotopic (exact) mass is 281 g/mol. The van der Waals surface area contributed by atoms with Crippen LogP contribution in [0.1, 0.15) is 25.1 Å². The lowest BCUT2D eigenvalue weighted by molar-refractivity contribution is 0.614.